The third-order valence-electron chi connectivity index (χ3n) is 6.07. The van der Waals surface area contributed by atoms with Gasteiger partial charge in [-0.05, 0) is 48.2 Å². The van der Waals surface area contributed by atoms with E-state index in [1.54, 1.807) is 0 Å². The highest BCUT2D eigenvalue weighted by atomic mass is 16.5. The van der Waals surface area contributed by atoms with Gasteiger partial charge < -0.3 is 15.4 Å². The van der Waals surface area contributed by atoms with E-state index in [1.165, 1.54) is 0 Å². The van der Waals surface area contributed by atoms with E-state index in [9.17, 15) is 9.59 Å². The molecule has 31 heavy (non-hydrogen) atoms. The molecule has 0 aromatic heterocycles. The van der Waals surface area contributed by atoms with Gasteiger partial charge in [-0.2, -0.15) is 0 Å². The van der Waals surface area contributed by atoms with E-state index in [1.807, 2.05) is 42.5 Å². The number of nitrogens with zero attached hydrogens (tertiary/aromatic N) is 1. The molecule has 6 nitrogen and oxygen atoms in total. The van der Waals surface area contributed by atoms with E-state index in [0.29, 0.717) is 12.1 Å². The molecule has 1 heterocycles. The molecule has 2 aromatic carbocycles. The number of ether oxygens (including phenoxy) is 1. The van der Waals surface area contributed by atoms with E-state index in [2.05, 4.69) is 21.6 Å². The first-order valence-corrected chi connectivity index (χ1v) is 11.2. The van der Waals surface area contributed by atoms with Crippen LogP contribution in [0.15, 0.2) is 48.5 Å². The maximum atomic E-state index is 12.7. The molecule has 2 amide bonds. The molecule has 0 bridgehead atoms. The Morgan fingerprint density at radius 1 is 0.968 bits per heavy atom. The van der Waals surface area contributed by atoms with Crippen LogP contribution >= 0.6 is 0 Å². The number of amides is 2. The van der Waals surface area contributed by atoms with Crippen LogP contribution in [0.3, 0.4) is 0 Å². The van der Waals surface area contributed by atoms with Gasteiger partial charge in [0.15, 0.2) is 0 Å². The van der Waals surface area contributed by atoms with Crippen molar-refractivity contribution < 1.29 is 14.3 Å². The molecule has 1 aliphatic heterocycles. The van der Waals surface area contributed by atoms with Crippen molar-refractivity contribution in [2.24, 2.45) is 5.92 Å². The summed E-state index contributed by atoms with van der Waals surface area (Å²) in [6, 6.07) is 15.5. The van der Waals surface area contributed by atoms with Crippen LogP contribution in [0.5, 0.6) is 0 Å². The first-order valence-electron chi connectivity index (χ1n) is 11.2. The van der Waals surface area contributed by atoms with Crippen LogP contribution in [0, 0.1) is 5.92 Å². The molecule has 2 aromatic rings. The van der Waals surface area contributed by atoms with E-state index in [4.69, 9.17) is 4.74 Å². The third kappa shape index (κ3) is 6.15. The zero-order valence-corrected chi connectivity index (χ0v) is 17.9. The Balaban J connectivity index is 1.31. The number of benzene rings is 2. The van der Waals surface area contributed by atoms with Crippen LogP contribution in [-0.2, 0) is 22.6 Å². The van der Waals surface area contributed by atoms with Crippen molar-refractivity contribution in [3.63, 3.8) is 0 Å². The number of carbonyl (C=O) groups excluding carboxylic acids is 2. The Labute approximate surface area is 184 Å². The van der Waals surface area contributed by atoms with Crippen LogP contribution in [0.1, 0.15) is 47.2 Å². The molecule has 1 saturated heterocycles. The van der Waals surface area contributed by atoms with Crippen LogP contribution in [0.4, 0.5) is 5.69 Å². The Morgan fingerprint density at radius 3 is 2.52 bits per heavy atom. The molecule has 1 aliphatic carbocycles. The summed E-state index contributed by atoms with van der Waals surface area (Å²) < 4.78 is 5.40. The van der Waals surface area contributed by atoms with Crippen molar-refractivity contribution >= 4 is 17.5 Å². The molecule has 4 rings (SSSR count). The average Bonchev–Trinajstić information content (AvgIpc) is 3.34. The number of morpholine rings is 1. The molecule has 6 heteroatoms. The van der Waals surface area contributed by atoms with E-state index in [-0.39, 0.29) is 17.7 Å². The molecule has 2 aliphatic rings. The van der Waals surface area contributed by atoms with Gasteiger partial charge in [0, 0.05) is 43.3 Å². The lowest BCUT2D eigenvalue weighted by atomic mass is 10.1. The first kappa shape index (κ1) is 21.5. The van der Waals surface area contributed by atoms with Crippen molar-refractivity contribution in [2.45, 2.75) is 38.8 Å². The molecular formula is C25H31N3O3. The summed E-state index contributed by atoms with van der Waals surface area (Å²) in [6.45, 7) is 4.61. The Hall–Kier alpha value is -2.70. The van der Waals surface area contributed by atoms with Gasteiger partial charge in [-0.25, -0.2) is 0 Å². The van der Waals surface area contributed by atoms with Gasteiger partial charge in [-0.15, -0.1) is 0 Å². The van der Waals surface area contributed by atoms with E-state index in [0.717, 1.165) is 75.3 Å². The van der Waals surface area contributed by atoms with Gasteiger partial charge in [-0.1, -0.05) is 37.1 Å². The maximum absolute atomic E-state index is 12.7. The fraction of sp³-hybridized carbons (Fsp3) is 0.440. The van der Waals surface area contributed by atoms with Crippen molar-refractivity contribution in [3.05, 3.63) is 65.2 Å². The van der Waals surface area contributed by atoms with Gasteiger partial charge in [0.2, 0.25) is 5.91 Å². The van der Waals surface area contributed by atoms with Gasteiger partial charge in [-0.3, -0.25) is 14.5 Å². The minimum Gasteiger partial charge on any atom is -0.379 e. The lowest BCUT2D eigenvalue weighted by Crippen LogP contribution is -2.35. The second-order valence-electron chi connectivity index (χ2n) is 8.44. The van der Waals surface area contributed by atoms with Crippen LogP contribution < -0.4 is 10.6 Å². The van der Waals surface area contributed by atoms with E-state index >= 15 is 0 Å². The predicted octanol–water partition coefficient (Wildman–Crippen LogP) is 3.58. The number of nitrogens with one attached hydrogen (secondary N) is 2. The van der Waals surface area contributed by atoms with Crippen molar-refractivity contribution in [3.8, 4) is 0 Å². The minimum absolute atomic E-state index is 0.0933. The molecular weight excluding hydrogens is 390 g/mol. The molecule has 0 radical (unpaired) electrons. The second-order valence-corrected chi connectivity index (χ2v) is 8.44. The summed E-state index contributed by atoms with van der Waals surface area (Å²) in [6.07, 6.45) is 4.23. The largest absolute Gasteiger partial charge is 0.379 e. The Bertz CT molecular complexity index is 902. The van der Waals surface area contributed by atoms with Crippen LogP contribution in [-0.4, -0.2) is 43.0 Å². The Morgan fingerprint density at radius 2 is 1.71 bits per heavy atom. The topological polar surface area (TPSA) is 70.7 Å². The van der Waals surface area contributed by atoms with Crippen molar-refractivity contribution in [1.82, 2.24) is 10.2 Å². The van der Waals surface area contributed by atoms with Crippen molar-refractivity contribution in [2.75, 3.05) is 31.6 Å². The highest BCUT2D eigenvalue weighted by Gasteiger charge is 2.22. The molecule has 0 atom stereocenters. The van der Waals surface area contributed by atoms with E-state index < -0.39 is 0 Å². The fourth-order valence-electron chi connectivity index (χ4n) is 4.30. The molecule has 0 unspecified atom stereocenters. The number of rotatable bonds is 7. The highest BCUT2D eigenvalue weighted by Crippen LogP contribution is 2.26. The summed E-state index contributed by atoms with van der Waals surface area (Å²) in [7, 11) is 0. The maximum Gasteiger partial charge on any atom is 0.251 e. The fourth-order valence-corrected chi connectivity index (χ4v) is 4.30. The third-order valence-corrected chi connectivity index (χ3v) is 6.07. The highest BCUT2D eigenvalue weighted by molar-refractivity contribution is 5.94. The van der Waals surface area contributed by atoms with Crippen LogP contribution in [0.25, 0.3) is 0 Å². The summed E-state index contributed by atoms with van der Waals surface area (Å²) >= 11 is 0. The summed E-state index contributed by atoms with van der Waals surface area (Å²) in [4.78, 5) is 27.4. The number of hydrogen-bond donors (Lipinski definition) is 2. The normalized spacial score (nSPS) is 17.4. The number of hydrogen-bond acceptors (Lipinski definition) is 4. The smallest absolute Gasteiger partial charge is 0.251 e. The quantitative estimate of drug-likeness (QED) is 0.717. The zero-order chi connectivity index (χ0) is 21.5. The van der Waals surface area contributed by atoms with Gasteiger partial charge in [0.25, 0.3) is 5.91 Å². The lowest BCUT2D eigenvalue weighted by Gasteiger charge is -2.26. The molecule has 164 valence electrons. The SMILES string of the molecule is O=C(NCc1cccc(NC(=O)C2CCCC2)c1)c1cccc(CN2CCOCC2)c1. The predicted molar refractivity (Wildman–Crippen MR) is 121 cm³/mol. The molecule has 2 fully saturated rings. The molecule has 2 N–H and O–H groups in total. The first-order chi connectivity index (χ1) is 15.2. The lowest BCUT2D eigenvalue weighted by molar-refractivity contribution is -0.119. The summed E-state index contributed by atoms with van der Waals surface area (Å²) in [5.41, 5.74) is 3.54. The second kappa shape index (κ2) is 10.6. The van der Waals surface area contributed by atoms with Gasteiger partial charge >= 0.3 is 0 Å². The molecule has 1 saturated carbocycles. The Kier molecular flexibility index (Phi) is 7.33. The number of carbonyl (C=O) groups is 2. The number of anilines is 1. The van der Waals surface area contributed by atoms with Crippen LogP contribution in [0.2, 0.25) is 0 Å². The van der Waals surface area contributed by atoms with Crippen molar-refractivity contribution in [1.29, 1.82) is 0 Å². The summed E-state index contributed by atoms with van der Waals surface area (Å²) in [5.74, 6) is 0.146. The average molecular weight is 422 g/mol. The monoisotopic (exact) mass is 421 g/mol. The standard InChI is InChI=1S/C25H31N3O3/c29-24(22-9-3-6-20(15-22)18-28-11-13-31-14-12-28)26-17-19-5-4-10-23(16-19)27-25(30)21-7-1-2-8-21/h3-6,9-10,15-16,21H,1-2,7-8,11-14,17-18H2,(H,26,29)(H,27,30). The molecule has 0 spiro atoms. The summed E-state index contributed by atoms with van der Waals surface area (Å²) in [5, 5.41) is 6.02. The van der Waals surface area contributed by atoms with Gasteiger partial charge in [0.1, 0.15) is 0 Å². The van der Waals surface area contributed by atoms with Gasteiger partial charge in [0.05, 0.1) is 13.2 Å². The zero-order valence-electron chi connectivity index (χ0n) is 17.9. The minimum atomic E-state index is -0.0933.